The summed E-state index contributed by atoms with van der Waals surface area (Å²) in [5, 5.41) is 5.55. The maximum absolute atomic E-state index is 5.15. The van der Waals surface area contributed by atoms with E-state index in [2.05, 4.69) is 259 Å². The Labute approximate surface area is 450 Å². The van der Waals surface area contributed by atoms with Gasteiger partial charge in [-0.25, -0.2) is 15.0 Å². The monoisotopic (exact) mass is 995 g/mol. The van der Waals surface area contributed by atoms with Crippen molar-refractivity contribution in [3.8, 4) is 34.2 Å². The first-order valence-electron chi connectivity index (χ1n) is 26.5. The predicted octanol–water partition coefficient (Wildman–Crippen LogP) is 9.16. The molecule has 0 atom stereocenters. The van der Waals surface area contributed by atoms with Gasteiger partial charge >= 0.3 is 0 Å². The second-order valence-electron chi connectivity index (χ2n) is 20.2. The quantitative estimate of drug-likeness (QED) is 0.142. The van der Waals surface area contributed by atoms with Crippen molar-refractivity contribution in [2.45, 2.75) is 0 Å². The van der Waals surface area contributed by atoms with Gasteiger partial charge in [0, 0.05) is 50.8 Å². The van der Waals surface area contributed by atoms with E-state index in [1.165, 1.54) is 70.6 Å². The molecule has 77 heavy (non-hydrogen) atoms. The van der Waals surface area contributed by atoms with E-state index in [1.807, 2.05) is 36.4 Å². The summed E-state index contributed by atoms with van der Waals surface area (Å²) in [6, 6.07) is 105. The van der Waals surface area contributed by atoms with Crippen LogP contribution in [0, 0.1) is 0 Å². The standard InChI is InChI=1S/C69H47B2N5Si/c1-7-25-48(26-8-1)67-72-68(49-27-9-2-10-28-49)74-69(73-67)50-43-45-53(46-44-50)75-59-40-22-19-37-56(59)70(51-29-11-3-12-30-51)64-61(75)47-63-65-66(64)76(52-31-13-4-14-32-52)60-41-23-20-38-57(60)71(65)58-39-21-24-42-62(58)77(63,54-33-15-5-16-34-54)55-35-17-6-18-36-55/h1-47H. The van der Waals surface area contributed by atoms with Crippen molar-refractivity contribution < 1.29 is 0 Å². The van der Waals surface area contributed by atoms with Gasteiger partial charge in [0.05, 0.1) is 0 Å². The average Bonchev–Trinajstić information content (AvgIpc) is 3.69. The van der Waals surface area contributed by atoms with Crippen LogP contribution < -0.4 is 63.3 Å². The summed E-state index contributed by atoms with van der Waals surface area (Å²) in [6.45, 7) is -0.149. The number of rotatable bonds is 8. The van der Waals surface area contributed by atoms with Crippen molar-refractivity contribution in [2.75, 3.05) is 9.80 Å². The Morgan fingerprint density at radius 1 is 0.299 bits per heavy atom. The van der Waals surface area contributed by atoms with Crippen molar-refractivity contribution in [1.29, 1.82) is 0 Å². The third kappa shape index (κ3) is 7.06. The zero-order valence-corrected chi connectivity index (χ0v) is 43.0. The number of anilines is 6. The third-order valence-electron chi connectivity index (χ3n) is 16.1. The van der Waals surface area contributed by atoms with E-state index in [0.717, 1.165) is 33.8 Å². The summed E-state index contributed by atoms with van der Waals surface area (Å²) in [5.74, 6) is 1.89. The number of fused-ring (bicyclic) bond motifs is 7. The fourth-order valence-electron chi connectivity index (χ4n) is 13.0. The highest BCUT2D eigenvalue weighted by Gasteiger charge is 2.55. The molecule has 12 aromatic rings. The van der Waals surface area contributed by atoms with Crippen LogP contribution in [0.25, 0.3) is 34.2 Å². The molecule has 0 N–H and O–H groups in total. The molecule has 8 heteroatoms. The van der Waals surface area contributed by atoms with Crippen molar-refractivity contribution in [3.05, 3.63) is 285 Å². The van der Waals surface area contributed by atoms with E-state index in [0.29, 0.717) is 17.5 Å². The van der Waals surface area contributed by atoms with Crippen molar-refractivity contribution in [1.82, 2.24) is 15.0 Å². The van der Waals surface area contributed by atoms with Gasteiger partial charge in [-0.15, -0.1) is 0 Å². The van der Waals surface area contributed by atoms with Gasteiger partial charge in [-0.1, -0.05) is 241 Å². The van der Waals surface area contributed by atoms with Gasteiger partial charge < -0.3 is 9.80 Å². The molecule has 0 spiro atoms. The summed E-state index contributed by atoms with van der Waals surface area (Å²) in [6.07, 6.45) is 0. The molecule has 0 amide bonds. The fraction of sp³-hybridized carbons (Fsp3) is 0. The van der Waals surface area contributed by atoms with Gasteiger partial charge in [-0.3, -0.25) is 0 Å². The van der Waals surface area contributed by atoms with E-state index >= 15 is 0 Å². The van der Waals surface area contributed by atoms with E-state index < -0.39 is 8.07 Å². The van der Waals surface area contributed by atoms with Crippen LogP contribution >= 0.6 is 0 Å². The van der Waals surface area contributed by atoms with Crippen LogP contribution in [0.1, 0.15) is 0 Å². The van der Waals surface area contributed by atoms with E-state index in [1.54, 1.807) is 0 Å². The average molecular weight is 996 g/mol. The first-order valence-corrected chi connectivity index (χ1v) is 28.5. The number of para-hydroxylation sites is 3. The minimum Gasteiger partial charge on any atom is -0.312 e. The molecule has 5 nitrogen and oxygen atoms in total. The highest BCUT2D eigenvalue weighted by molar-refractivity contribution is 7.27. The minimum atomic E-state index is -3.16. The molecule has 3 aliphatic rings. The lowest BCUT2D eigenvalue weighted by Crippen LogP contribution is -2.88. The second-order valence-corrected chi connectivity index (χ2v) is 23.9. The number of aromatic nitrogens is 3. The Hall–Kier alpha value is -9.62. The Morgan fingerprint density at radius 3 is 1.27 bits per heavy atom. The van der Waals surface area contributed by atoms with Gasteiger partial charge in [0.15, 0.2) is 25.5 Å². The van der Waals surface area contributed by atoms with Crippen LogP contribution in [0.15, 0.2) is 285 Å². The molecule has 3 aliphatic heterocycles. The Balaban J connectivity index is 1.06. The first-order chi connectivity index (χ1) is 38.2. The van der Waals surface area contributed by atoms with Gasteiger partial charge in [0.1, 0.15) is 0 Å². The van der Waals surface area contributed by atoms with E-state index in [-0.39, 0.29) is 13.4 Å². The van der Waals surface area contributed by atoms with Gasteiger partial charge in [0.2, 0.25) is 13.4 Å². The molecule has 0 aliphatic carbocycles. The summed E-state index contributed by atoms with van der Waals surface area (Å²) in [7, 11) is -3.16. The lowest BCUT2D eigenvalue weighted by atomic mass is 9.30. The smallest absolute Gasteiger partial charge is 0.249 e. The largest absolute Gasteiger partial charge is 0.312 e. The lowest BCUT2D eigenvalue weighted by Gasteiger charge is -2.50. The van der Waals surface area contributed by atoms with Crippen molar-refractivity contribution in [3.63, 3.8) is 0 Å². The molecular formula is C69H47B2N5Si. The molecule has 358 valence electrons. The van der Waals surface area contributed by atoms with Gasteiger partial charge in [-0.2, -0.15) is 0 Å². The topological polar surface area (TPSA) is 45.2 Å². The van der Waals surface area contributed by atoms with Gasteiger partial charge in [0.25, 0.3) is 0 Å². The molecule has 0 saturated carbocycles. The number of hydrogen-bond acceptors (Lipinski definition) is 5. The van der Waals surface area contributed by atoms with Crippen LogP contribution in [-0.4, -0.2) is 36.5 Å². The minimum absolute atomic E-state index is 0.0334. The summed E-state index contributed by atoms with van der Waals surface area (Å²) in [5.41, 5.74) is 17.6. The molecule has 4 heterocycles. The van der Waals surface area contributed by atoms with Gasteiger partial charge in [-0.05, 0) is 97.2 Å². The maximum Gasteiger partial charge on any atom is 0.249 e. The molecule has 0 bridgehead atoms. The normalized spacial score (nSPS) is 13.5. The SMILES string of the molecule is c1ccc(B2c3ccccc3N(c3ccc(-c4nc(-c5ccccc5)nc(-c5ccccc5)n4)cc3)c3cc4c5c(c32)N(c2ccccc2)c2ccccc2B5c2ccccc2[Si]4(c2ccccc2)c2ccccc2)cc1. The summed E-state index contributed by atoms with van der Waals surface area (Å²) >= 11 is 0. The number of hydrogen-bond donors (Lipinski definition) is 0. The van der Waals surface area contributed by atoms with Crippen molar-refractivity contribution in [2.24, 2.45) is 0 Å². The van der Waals surface area contributed by atoms with Crippen molar-refractivity contribution >= 4 is 109 Å². The Kier molecular flexibility index (Phi) is 10.7. The Bertz CT molecular complexity index is 4070. The van der Waals surface area contributed by atoms with E-state index in [4.69, 9.17) is 15.0 Å². The molecular weight excluding hydrogens is 949 g/mol. The number of nitrogens with zero attached hydrogens (tertiary/aromatic N) is 5. The van der Waals surface area contributed by atoms with Crippen LogP contribution in [0.4, 0.5) is 34.1 Å². The summed E-state index contributed by atoms with van der Waals surface area (Å²) in [4.78, 5) is 20.5. The van der Waals surface area contributed by atoms with Crippen LogP contribution in [0.2, 0.25) is 0 Å². The molecule has 0 fully saturated rings. The second kappa shape index (κ2) is 18.3. The maximum atomic E-state index is 5.15. The number of benzene rings is 11. The molecule has 0 radical (unpaired) electrons. The van der Waals surface area contributed by atoms with E-state index in [9.17, 15) is 0 Å². The summed E-state index contributed by atoms with van der Waals surface area (Å²) < 4.78 is 0. The zero-order valence-electron chi connectivity index (χ0n) is 42.0. The molecule has 0 saturated heterocycles. The Morgan fingerprint density at radius 2 is 0.714 bits per heavy atom. The van der Waals surface area contributed by atoms with Crippen LogP contribution in [0.3, 0.4) is 0 Å². The molecule has 1 aromatic heterocycles. The third-order valence-corrected chi connectivity index (χ3v) is 21.0. The lowest BCUT2D eigenvalue weighted by molar-refractivity contribution is 1.07. The molecule has 15 rings (SSSR count). The van der Waals surface area contributed by atoms with Crippen LogP contribution in [0.5, 0.6) is 0 Å². The highest BCUT2D eigenvalue weighted by atomic mass is 28.3. The molecule has 11 aromatic carbocycles. The highest BCUT2D eigenvalue weighted by Crippen LogP contribution is 2.43. The molecule has 0 unspecified atom stereocenters. The first kappa shape index (κ1) is 44.8. The zero-order chi connectivity index (χ0) is 50.9. The van der Waals surface area contributed by atoms with Crippen LogP contribution in [-0.2, 0) is 0 Å². The fourth-order valence-corrected chi connectivity index (χ4v) is 18.2. The predicted molar refractivity (Wildman–Crippen MR) is 325 cm³/mol.